The van der Waals surface area contributed by atoms with E-state index < -0.39 is 6.04 Å². The van der Waals surface area contributed by atoms with Crippen molar-refractivity contribution in [2.45, 2.75) is 46.4 Å². The number of anilines is 1. The van der Waals surface area contributed by atoms with E-state index in [1.807, 2.05) is 26.0 Å². The van der Waals surface area contributed by atoms with Crippen LogP contribution in [-0.2, 0) is 20.9 Å². The number of hydrogen-bond donors (Lipinski definition) is 2. The molecule has 2 N–H and O–H groups in total. The first-order valence-corrected chi connectivity index (χ1v) is 8.73. The SMILES string of the molecule is CC(=O)N[C@@H](C(=O)NCc1ccc(N2CCO[C@@H](C)C2)nc1)C(C)C. The monoisotopic (exact) mass is 348 g/mol. The summed E-state index contributed by atoms with van der Waals surface area (Å²) in [6, 6.07) is 3.40. The number of ether oxygens (including phenoxy) is 1. The van der Waals surface area contributed by atoms with Crippen molar-refractivity contribution in [2.75, 3.05) is 24.6 Å². The minimum atomic E-state index is -0.528. The van der Waals surface area contributed by atoms with Crippen molar-refractivity contribution < 1.29 is 14.3 Å². The molecular formula is C18H28N4O3. The van der Waals surface area contributed by atoms with E-state index in [4.69, 9.17) is 4.74 Å². The Morgan fingerprint density at radius 2 is 2.16 bits per heavy atom. The highest BCUT2D eigenvalue weighted by Crippen LogP contribution is 2.15. The van der Waals surface area contributed by atoms with E-state index in [0.29, 0.717) is 13.2 Å². The van der Waals surface area contributed by atoms with Gasteiger partial charge in [0.2, 0.25) is 11.8 Å². The van der Waals surface area contributed by atoms with Crippen LogP contribution in [0.15, 0.2) is 18.3 Å². The van der Waals surface area contributed by atoms with E-state index in [-0.39, 0.29) is 23.8 Å². The lowest BCUT2D eigenvalue weighted by molar-refractivity contribution is -0.129. The molecule has 7 nitrogen and oxygen atoms in total. The number of nitrogens with zero attached hydrogens (tertiary/aromatic N) is 2. The van der Waals surface area contributed by atoms with Crippen LogP contribution in [0.1, 0.15) is 33.3 Å². The zero-order valence-corrected chi connectivity index (χ0v) is 15.4. The Labute approximate surface area is 149 Å². The molecule has 7 heteroatoms. The predicted octanol–water partition coefficient (Wildman–Crippen LogP) is 1.08. The number of morpholine rings is 1. The summed E-state index contributed by atoms with van der Waals surface area (Å²) in [7, 11) is 0. The van der Waals surface area contributed by atoms with Gasteiger partial charge in [0.05, 0.1) is 12.7 Å². The third kappa shape index (κ3) is 5.70. The predicted molar refractivity (Wildman–Crippen MR) is 96.2 cm³/mol. The molecular weight excluding hydrogens is 320 g/mol. The normalized spacial score (nSPS) is 18.8. The van der Waals surface area contributed by atoms with Crippen molar-refractivity contribution in [2.24, 2.45) is 5.92 Å². The summed E-state index contributed by atoms with van der Waals surface area (Å²) in [5.74, 6) is 0.548. The summed E-state index contributed by atoms with van der Waals surface area (Å²) >= 11 is 0. The maximum absolute atomic E-state index is 12.3. The summed E-state index contributed by atoms with van der Waals surface area (Å²) in [5, 5.41) is 5.55. The molecule has 1 aliphatic rings. The van der Waals surface area contributed by atoms with E-state index in [0.717, 1.165) is 24.5 Å². The number of aromatic nitrogens is 1. The number of pyridine rings is 1. The number of carbonyl (C=O) groups is 2. The second-order valence-corrected chi connectivity index (χ2v) is 6.79. The Morgan fingerprint density at radius 1 is 1.40 bits per heavy atom. The maximum atomic E-state index is 12.3. The van der Waals surface area contributed by atoms with Gasteiger partial charge in [-0.1, -0.05) is 19.9 Å². The second kappa shape index (κ2) is 8.80. The Bertz CT molecular complexity index is 588. The summed E-state index contributed by atoms with van der Waals surface area (Å²) < 4.78 is 5.54. The molecule has 1 fully saturated rings. The van der Waals surface area contributed by atoms with Gasteiger partial charge in [-0.3, -0.25) is 9.59 Å². The van der Waals surface area contributed by atoms with Crippen LogP contribution in [0.2, 0.25) is 0 Å². The first kappa shape index (κ1) is 19.2. The average molecular weight is 348 g/mol. The standard InChI is InChI=1S/C18H28N4O3/c1-12(2)17(21-14(4)23)18(24)20-10-15-5-6-16(19-9-15)22-7-8-25-13(3)11-22/h5-6,9,12-13,17H,7-8,10-11H2,1-4H3,(H,20,24)(H,21,23)/t13-,17+/m0/s1. The van der Waals surface area contributed by atoms with Gasteiger partial charge in [-0.25, -0.2) is 4.98 Å². The molecule has 1 aromatic rings. The molecule has 1 saturated heterocycles. The Hall–Kier alpha value is -2.15. The highest BCUT2D eigenvalue weighted by atomic mass is 16.5. The van der Waals surface area contributed by atoms with Crippen molar-refractivity contribution in [3.05, 3.63) is 23.9 Å². The molecule has 138 valence electrons. The fraction of sp³-hybridized carbons (Fsp3) is 0.611. The molecule has 2 rings (SSSR count). The molecule has 25 heavy (non-hydrogen) atoms. The fourth-order valence-corrected chi connectivity index (χ4v) is 2.79. The van der Waals surface area contributed by atoms with Crippen molar-refractivity contribution in [3.63, 3.8) is 0 Å². The lowest BCUT2D eigenvalue weighted by atomic mass is 10.0. The molecule has 0 saturated carbocycles. The van der Waals surface area contributed by atoms with Crippen molar-refractivity contribution in [1.82, 2.24) is 15.6 Å². The second-order valence-electron chi connectivity index (χ2n) is 6.79. The molecule has 2 atom stereocenters. The molecule has 2 amide bonds. The van der Waals surface area contributed by atoms with E-state index in [9.17, 15) is 9.59 Å². The van der Waals surface area contributed by atoms with Crippen LogP contribution in [0.5, 0.6) is 0 Å². The van der Waals surface area contributed by atoms with Gasteiger partial charge in [-0.15, -0.1) is 0 Å². The van der Waals surface area contributed by atoms with E-state index in [2.05, 4.69) is 27.4 Å². The van der Waals surface area contributed by atoms with E-state index >= 15 is 0 Å². The topological polar surface area (TPSA) is 83.6 Å². The first-order valence-electron chi connectivity index (χ1n) is 8.73. The average Bonchev–Trinajstić information content (AvgIpc) is 2.57. The van der Waals surface area contributed by atoms with Crippen LogP contribution in [0, 0.1) is 5.92 Å². The molecule has 1 aliphatic heterocycles. The first-order chi connectivity index (χ1) is 11.9. The lowest BCUT2D eigenvalue weighted by Gasteiger charge is -2.32. The summed E-state index contributed by atoms with van der Waals surface area (Å²) in [6.07, 6.45) is 1.98. The van der Waals surface area contributed by atoms with Gasteiger partial charge < -0.3 is 20.3 Å². The molecule has 0 radical (unpaired) electrons. The van der Waals surface area contributed by atoms with E-state index in [1.54, 1.807) is 6.20 Å². The van der Waals surface area contributed by atoms with Gasteiger partial charge in [-0.05, 0) is 24.5 Å². The largest absolute Gasteiger partial charge is 0.375 e. The lowest BCUT2D eigenvalue weighted by Crippen LogP contribution is -2.48. The minimum absolute atomic E-state index is 0.0210. The summed E-state index contributed by atoms with van der Waals surface area (Å²) in [4.78, 5) is 30.2. The number of carbonyl (C=O) groups excluding carboxylic acids is 2. The molecule has 0 aliphatic carbocycles. The van der Waals surface area contributed by atoms with Gasteiger partial charge in [-0.2, -0.15) is 0 Å². The van der Waals surface area contributed by atoms with Gasteiger partial charge in [0.1, 0.15) is 11.9 Å². The van der Waals surface area contributed by atoms with Crippen LogP contribution >= 0.6 is 0 Å². The van der Waals surface area contributed by atoms with Crippen LogP contribution in [0.3, 0.4) is 0 Å². The molecule has 0 aromatic carbocycles. The van der Waals surface area contributed by atoms with Crippen molar-refractivity contribution in [1.29, 1.82) is 0 Å². The number of rotatable bonds is 6. The minimum Gasteiger partial charge on any atom is -0.375 e. The van der Waals surface area contributed by atoms with Gasteiger partial charge in [0.15, 0.2) is 0 Å². The highest BCUT2D eigenvalue weighted by molar-refractivity contribution is 5.87. The third-order valence-corrected chi connectivity index (χ3v) is 4.15. The molecule has 0 unspecified atom stereocenters. The smallest absolute Gasteiger partial charge is 0.243 e. The maximum Gasteiger partial charge on any atom is 0.243 e. The summed E-state index contributed by atoms with van der Waals surface area (Å²) in [5.41, 5.74) is 0.920. The highest BCUT2D eigenvalue weighted by Gasteiger charge is 2.22. The van der Waals surface area contributed by atoms with Crippen LogP contribution < -0.4 is 15.5 Å². The van der Waals surface area contributed by atoms with Gasteiger partial charge in [0.25, 0.3) is 0 Å². The van der Waals surface area contributed by atoms with Crippen LogP contribution in [-0.4, -0.2) is 48.6 Å². The van der Waals surface area contributed by atoms with Crippen molar-refractivity contribution >= 4 is 17.6 Å². The van der Waals surface area contributed by atoms with Crippen molar-refractivity contribution in [3.8, 4) is 0 Å². The van der Waals surface area contributed by atoms with Crippen LogP contribution in [0.4, 0.5) is 5.82 Å². The van der Waals surface area contributed by atoms with Gasteiger partial charge >= 0.3 is 0 Å². The molecule has 2 heterocycles. The fourth-order valence-electron chi connectivity index (χ4n) is 2.79. The molecule has 0 spiro atoms. The Balaban J connectivity index is 1.90. The molecule has 1 aromatic heterocycles. The number of nitrogens with one attached hydrogen (secondary N) is 2. The number of hydrogen-bond acceptors (Lipinski definition) is 5. The summed E-state index contributed by atoms with van der Waals surface area (Å²) in [6.45, 7) is 10.0. The number of amides is 2. The van der Waals surface area contributed by atoms with E-state index in [1.165, 1.54) is 6.92 Å². The quantitative estimate of drug-likeness (QED) is 0.804. The Morgan fingerprint density at radius 3 is 2.72 bits per heavy atom. The zero-order valence-electron chi connectivity index (χ0n) is 15.4. The van der Waals surface area contributed by atoms with Crippen LogP contribution in [0.25, 0.3) is 0 Å². The zero-order chi connectivity index (χ0) is 18.4. The third-order valence-electron chi connectivity index (χ3n) is 4.15. The molecule has 0 bridgehead atoms. The Kier molecular flexibility index (Phi) is 6.75. The van der Waals surface area contributed by atoms with Gasteiger partial charge in [0, 0.05) is 32.8 Å².